The van der Waals surface area contributed by atoms with Crippen molar-refractivity contribution in [3.05, 3.63) is 42.5 Å². The van der Waals surface area contributed by atoms with Gasteiger partial charge in [0.2, 0.25) is 11.8 Å². The van der Waals surface area contributed by atoms with Crippen LogP contribution >= 0.6 is 0 Å². The third kappa shape index (κ3) is 3.88. The van der Waals surface area contributed by atoms with Gasteiger partial charge in [0.25, 0.3) is 0 Å². The molecule has 2 aromatic carbocycles. The van der Waals surface area contributed by atoms with Gasteiger partial charge < -0.3 is 15.0 Å². The average molecular weight is 381 g/mol. The first-order valence-corrected chi connectivity index (χ1v) is 10.1. The van der Waals surface area contributed by atoms with Crippen molar-refractivity contribution in [2.75, 3.05) is 44.2 Å². The maximum Gasteiger partial charge on any atom is 0.227 e. The first kappa shape index (κ1) is 18.9. The Balaban J connectivity index is 1.39. The van der Waals surface area contributed by atoms with Gasteiger partial charge in [0, 0.05) is 38.0 Å². The summed E-state index contributed by atoms with van der Waals surface area (Å²) in [5.74, 6) is -0.381. The van der Waals surface area contributed by atoms with E-state index in [-0.39, 0.29) is 30.3 Å². The molecule has 0 aromatic heterocycles. The van der Waals surface area contributed by atoms with Crippen LogP contribution in [0, 0.1) is 5.92 Å². The van der Waals surface area contributed by atoms with Crippen molar-refractivity contribution in [3.8, 4) is 0 Å². The van der Waals surface area contributed by atoms with E-state index in [0.29, 0.717) is 19.7 Å². The molecule has 4 rings (SSSR count). The van der Waals surface area contributed by atoms with Crippen molar-refractivity contribution in [3.63, 3.8) is 0 Å². The van der Waals surface area contributed by atoms with Crippen LogP contribution in [0.4, 0.5) is 5.69 Å². The Morgan fingerprint density at radius 3 is 2.86 bits per heavy atom. The van der Waals surface area contributed by atoms with Gasteiger partial charge in [0.05, 0.1) is 24.3 Å². The lowest BCUT2D eigenvalue weighted by Crippen LogP contribution is -2.48. The lowest BCUT2D eigenvalue weighted by atomic mass is 10.1. The third-order valence-electron chi connectivity index (χ3n) is 5.73. The van der Waals surface area contributed by atoms with Crippen molar-refractivity contribution in [1.82, 2.24) is 10.2 Å². The zero-order valence-corrected chi connectivity index (χ0v) is 16.3. The molecule has 2 fully saturated rings. The minimum atomic E-state index is -0.322. The molecule has 148 valence electrons. The molecular formula is C22H27N3O3. The van der Waals surface area contributed by atoms with Gasteiger partial charge in [-0.25, -0.2) is 0 Å². The summed E-state index contributed by atoms with van der Waals surface area (Å²) in [5, 5.41) is 5.13. The van der Waals surface area contributed by atoms with Gasteiger partial charge >= 0.3 is 0 Å². The van der Waals surface area contributed by atoms with E-state index in [1.807, 2.05) is 42.5 Å². The Morgan fingerprint density at radius 2 is 2.00 bits per heavy atom. The van der Waals surface area contributed by atoms with E-state index in [9.17, 15) is 9.59 Å². The third-order valence-corrected chi connectivity index (χ3v) is 5.73. The minimum absolute atomic E-state index is 0.00239. The molecule has 2 aliphatic rings. The van der Waals surface area contributed by atoms with Gasteiger partial charge in [0.15, 0.2) is 0 Å². The van der Waals surface area contributed by atoms with Crippen molar-refractivity contribution in [2.24, 2.45) is 5.92 Å². The number of fused-ring (bicyclic) bond motifs is 1. The maximum absolute atomic E-state index is 12.7. The van der Waals surface area contributed by atoms with E-state index in [0.717, 1.165) is 36.1 Å². The number of hydrogen-bond donors (Lipinski definition) is 1. The number of ether oxygens (including phenoxy) is 1. The number of nitrogens with zero attached hydrogens (tertiary/aromatic N) is 2. The molecule has 0 aliphatic carbocycles. The molecule has 6 nitrogen and oxygen atoms in total. The molecule has 0 radical (unpaired) electrons. The average Bonchev–Trinajstić information content (AvgIpc) is 3.13. The van der Waals surface area contributed by atoms with Gasteiger partial charge in [-0.15, -0.1) is 0 Å². The van der Waals surface area contributed by atoms with Gasteiger partial charge in [0.1, 0.15) is 0 Å². The number of benzene rings is 2. The van der Waals surface area contributed by atoms with E-state index in [1.54, 1.807) is 4.90 Å². The number of rotatable bonds is 5. The van der Waals surface area contributed by atoms with Crippen molar-refractivity contribution in [2.45, 2.75) is 19.4 Å². The van der Waals surface area contributed by atoms with E-state index in [1.165, 1.54) is 0 Å². The second-order valence-electron chi connectivity index (χ2n) is 7.53. The molecule has 0 saturated carbocycles. The molecular weight excluding hydrogens is 354 g/mol. The number of anilines is 1. The second-order valence-corrected chi connectivity index (χ2v) is 7.53. The van der Waals surface area contributed by atoms with E-state index < -0.39 is 0 Å². The monoisotopic (exact) mass is 381 g/mol. The summed E-state index contributed by atoms with van der Waals surface area (Å²) in [6, 6.07) is 14.0. The molecule has 2 saturated heterocycles. The molecule has 1 N–H and O–H groups in total. The normalized spacial score (nSPS) is 23.3. The Kier molecular flexibility index (Phi) is 5.59. The molecule has 2 aromatic rings. The van der Waals surface area contributed by atoms with E-state index in [2.05, 4.69) is 17.1 Å². The quantitative estimate of drug-likeness (QED) is 0.861. The highest BCUT2D eigenvalue weighted by atomic mass is 16.5. The molecule has 0 spiro atoms. The van der Waals surface area contributed by atoms with Crippen LogP contribution in [0.1, 0.15) is 13.3 Å². The van der Waals surface area contributed by atoms with E-state index >= 15 is 0 Å². The topological polar surface area (TPSA) is 61.9 Å². The fourth-order valence-corrected chi connectivity index (χ4v) is 4.11. The molecule has 6 heteroatoms. The Bertz CT molecular complexity index is 864. The zero-order chi connectivity index (χ0) is 19.5. The summed E-state index contributed by atoms with van der Waals surface area (Å²) in [4.78, 5) is 29.4. The molecule has 2 heterocycles. The smallest absolute Gasteiger partial charge is 0.227 e. The van der Waals surface area contributed by atoms with Crippen molar-refractivity contribution >= 4 is 28.3 Å². The van der Waals surface area contributed by atoms with Crippen LogP contribution in [-0.2, 0) is 14.3 Å². The van der Waals surface area contributed by atoms with Crippen molar-refractivity contribution in [1.29, 1.82) is 0 Å². The predicted octanol–water partition coefficient (Wildman–Crippen LogP) is 2.03. The number of likely N-dealkylation sites (N-methyl/N-ethyl adjacent to an activating group) is 1. The van der Waals surface area contributed by atoms with Gasteiger partial charge in [-0.1, -0.05) is 43.3 Å². The first-order valence-electron chi connectivity index (χ1n) is 10.1. The summed E-state index contributed by atoms with van der Waals surface area (Å²) in [6.07, 6.45) is 0.269. The highest BCUT2D eigenvalue weighted by Gasteiger charge is 2.36. The van der Waals surface area contributed by atoms with Gasteiger partial charge in [-0.05, 0) is 18.0 Å². The Labute approximate surface area is 165 Å². The summed E-state index contributed by atoms with van der Waals surface area (Å²) in [7, 11) is 0. The lowest BCUT2D eigenvalue weighted by Gasteiger charge is -2.32. The molecule has 2 aliphatic heterocycles. The van der Waals surface area contributed by atoms with Crippen LogP contribution in [0.5, 0.6) is 0 Å². The molecule has 2 atom stereocenters. The number of carbonyl (C=O) groups is 2. The fraction of sp³-hybridized carbons (Fsp3) is 0.455. The predicted molar refractivity (Wildman–Crippen MR) is 109 cm³/mol. The second kappa shape index (κ2) is 8.29. The SMILES string of the molecule is CCN1CCOC(CNC(=O)C2CC(=O)N(c3cccc4ccccc34)C2)C1. The largest absolute Gasteiger partial charge is 0.374 e. The molecule has 0 bridgehead atoms. The number of morpholine rings is 1. The van der Waals surface area contributed by atoms with Gasteiger partial charge in [-0.2, -0.15) is 0 Å². The van der Waals surface area contributed by atoms with E-state index in [4.69, 9.17) is 4.74 Å². The van der Waals surface area contributed by atoms with Crippen molar-refractivity contribution < 1.29 is 14.3 Å². The minimum Gasteiger partial charge on any atom is -0.374 e. The summed E-state index contributed by atoms with van der Waals surface area (Å²) in [6.45, 7) is 6.52. The standard InChI is InChI=1S/C22H27N3O3/c1-2-24-10-11-28-18(15-24)13-23-22(27)17-12-21(26)25(14-17)20-9-5-7-16-6-3-4-8-19(16)20/h3-9,17-18H,2,10-15H2,1H3,(H,23,27). The molecule has 2 unspecified atom stereocenters. The first-order chi connectivity index (χ1) is 13.7. The van der Waals surface area contributed by atoms with Crippen LogP contribution in [-0.4, -0.2) is 62.1 Å². The Hall–Kier alpha value is -2.44. The highest BCUT2D eigenvalue weighted by Crippen LogP contribution is 2.31. The fourth-order valence-electron chi connectivity index (χ4n) is 4.11. The molecule has 28 heavy (non-hydrogen) atoms. The Morgan fingerprint density at radius 1 is 1.18 bits per heavy atom. The summed E-state index contributed by atoms with van der Waals surface area (Å²) < 4.78 is 5.75. The number of carbonyl (C=O) groups excluding carboxylic acids is 2. The maximum atomic E-state index is 12.7. The van der Waals surface area contributed by atoms with Crippen LogP contribution in [0.3, 0.4) is 0 Å². The number of hydrogen-bond acceptors (Lipinski definition) is 4. The molecule has 2 amide bonds. The zero-order valence-electron chi connectivity index (χ0n) is 16.3. The van der Waals surface area contributed by atoms with Crippen LogP contribution in [0.2, 0.25) is 0 Å². The summed E-state index contributed by atoms with van der Waals surface area (Å²) in [5.41, 5.74) is 0.882. The summed E-state index contributed by atoms with van der Waals surface area (Å²) >= 11 is 0. The number of nitrogens with one attached hydrogen (secondary N) is 1. The van der Waals surface area contributed by atoms with Crippen LogP contribution < -0.4 is 10.2 Å². The van der Waals surface area contributed by atoms with Gasteiger partial charge in [-0.3, -0.25) is 14.5 Å². The highest BCUT2D eigenvalue weighted by molar-refractivity contribution is 6.06. The lowest BCUT2D eigenvalue weighted by molar-refractivity contribution is -0.127. The van der Waals surface area contributed by atoms with Crippen LogP contribution in [0.25, 0.3) is 10.8 Å². The number of amides is 2. The van der Waals surface area contributed by atoms with Crippen LogP contribution in [0.15, 0.2) is 42.5 Å².